The Labute approximate surface area is 172 Å². The number of urea groups is 1. The Balaban J connectivity index is 1.97. The number of methoxy groups -OCH3 is 3. The number of nitrogens with one attached hydrogen (secondary N) is 1. The number of hydrogen-bond donors (Lipinski definition) is 1. The molecule has 0 unspecified atom stereocenters. The lowest BCUT2D eigenvalue weighted by Gasteiger charge is -2.37. The van der Waals surface area contributed by atoms with Crippen LogP contribution in [0.1, 0.15) is 23.6 Å². The van der Waals surface area contributed by atoms with Crippen LogP contribution in [0.4, 0.5) is 19.3 Å². The number of carbonyl (C=O) groups excluding carboxylic acids is 2. The number of carbonyl (C=O) groups is 2. The number of anilines is 1. The minimum absolute atomic E-state index is 0.113. The molecule has 1 aliphatic heterocycles. The molecule has 2 aromatic carbocycles. The first-order chi connectivity index (χ1) is 14.4. The van der Waals surface area contributed by atoms with Crippen LogP contribution in [0.2, 0.25) is 0 Å². The lowest BCUT2D eigenvalue weighted by atomic mass is 9.90. The molecule has 7 nitrogen and oxygen atoms in total. The molecular formula is C21H22F2N2O5. The molecule has 0 saturated heterocycles. The topological polar surface area (TPSA) is 77.1 Å². The van der Waals surface area contributed by atoms with Crippen molar-refractivity contribution in [2.45, 2.75) is 18.9 Å². The zero-order valence-electron chi connectivity index (χ0n) is 16.8. The highest BCUT2D eigenvalue weighted by Gasteiger charge is 2.34. The summed E-state index contributed by atoms with van der Waals surface area (Å²) in [5.74, 6) is -0.980. The number of halogens is 2. The van der Waals surface area contributed by atoms with E-state index in [-0.39, 0.29) is 18.7 Å². The predicted molar refractivity (Wildman–Crippen MR) is 105 cm³/mol. The molecule has 0 spiro atoms. The number of esters is 1. The van der Waals surface area contributed by atoms with Crippen LogP contribution >= 0.6 is 0 Å². The number of nitrogens with zero attached hydrogens (tertiary/aromatic N) is 1. The van der Waals surface area contributed by atoms with E-state index < -0.39 is 29.7 Å². The Kier molecular flexibility index (Phi) is 6.39. The summed E-state index contributed by atoms with van der Waals surface area (Å²) >= 11 is 0. The molecule has 2 aromatic rings. The number of benzene rings is 2. The molecule has 9 heteroatoms. The van der Waals surface area contributed by atoms with Gasteiger partial charge in [0.05, 0.1) is 39.5 Å². The van der Waals surface area contributed by atoms with Crippen molar-refractivity contribution in [1.82, 2.24) is 4.90 Å². The maximum atomic E-state index is 14.0. The molecule has 0 fully saturated rings. The number of rotatable bonds is 5. The second kappa shape index (κ2) is 8.98. The Hall–Kier alpha value is -3.36. The van der Waals surface area contributed by atoms with Crippen molar-refractivity contribution in [3.8, 4) is 11.5 Å². The van der Waals surface area contributed by atoms with Crippen molar-refractivity contribution in [2.24, 2.45) is 0 Å². The van der Waals surface area contributed by atoms with Gasteiger partial charge in [0.2, 0.25) is 0 Å². The van der Waals surface area contributed by atoms with Crippen molar-refractivity contribution in [2.75, 3.05) is 33.2 Å². The predicted octanol–water partition coefficient (Wildman–Crippen LogP) is 3.68. The quantitative estimate of drug-likeness (QED) is 0.747. The summed E-state index contributed by atoms with van der Waals surface area (Å²) in [6.45, 7) is 0.257. The molecule has 160 valence electrons. The highest BCUT2D eigenvalue weighted by atomic mass is 19.1. The van der Waals surface area contributed by atoms with Crippen LogP contribution in [0.3, 0.4) is 0 Å². The summed E-state index contributed by atoms with van der Waals surface area (Å²) in [5.41, 5.74) is 1.30. The second-order valence-electron chi connectivity index (χ2n) is 6.70. The molecule has 1 aliphatic rings. The number of ether oxygens (including phenoxy) is 3. The monoisotopic (exact) mass is 420 g/mol. The largest absolute Gasteiger partial charge is 0.493 e. The van der Waals surface area contributed by atoms with Gasteiger partial charge in [0, 0.05) is 12.6 Å². The molecule has 0 saturated carbocycles. The Morgan fingerprint density at radius 2 is 1.80 bits per heavy atom. The van der Waals surface area contributed by atoms with Gasteiger partial charge in [0.15, 0.2) is 11.5 Å². The van der Waals surface area contributed by atoms with Crippen molar-refractivity contribution in [3.63, 3.8) is 0 Å². The van der Waals surface area contributed by atoms with E-state index >= 15 is 0 Å². The van der Waals surface area contributed by atoms with Gasteiger partial charge in [-0.15, -0.1) is 0 Å². The van der Waals surface area contributed by atoms with Gasteiger partial charge < -0.3 is 24.4 Å². The standard InChI is InChI=1S/C21H22F2N2O5/c1-28-18-8-12-6-7-25(21(27)24-16-9-13(22)4-5-15(16)23)17(11-20(26)30-3)14(12)10-19(18)29-2/h4-5,8-10,17H,6-7,11H2,1-3H3,(H,24,27)/t17-/m0/s1. The Morgan fingerprint density at radius 1 is 1.10 bits per heavy atom. The molecule has 0 radical (unpaired) electrons. The summed E-state index contributed by atoms with van der Waals surface area (Å²) in [6.07, 6.45) is 0.366. The first-order valence-electron chi connectivity index (χ1n) is 9.22. The summed E-state index contributed by atoms with van der Waals surface area (Å²) in [5, 5.41) is 2.39. The maximum absolute atomic E-state index is 14.0. The van der Waals surface area contributed by atoms with E-state index in [2.05, 4.69) is 5.32 Å². The maximum Gasteiger partial charge on any atom is 0.322 e. The molecule has 30 heavy (non-hydrogen) atoms. The smallest absolute Gasteiger partial charge is 0.322 e. The van der Waals surface area contributed by atoms with Crippen LogP contribution < -0.4 is 14.8 Å². The lowest BCUT2D eigenvalue weighted by Crippen LogP contribution is -2.43. The van der Waals surface area contributed by atoms with E-state index in [1.807, 2.05) is 0 Å². The Morgan fingerprint density at radius 3 is 2.47 bits per heavy atom. The van der Waals surface area contributed by atoms with Gasteiger partial charge in [-0.1, -0.05) is 0 Å². The summed E-state index contributed by atoms with van der Waals surface area (Å²) in [7, 11) is 4.26. The van der Waals surface area contributed by atoms with Gasteiger partial charge in [-0.3, -0.25) is 4.79 Å². The van der Waals surface area contributed by atoms with Gasteiger partial charge in [-0.25, -0.2) is 13.6 Å². The van der Waals surface area contributed by atoms with Crippen molar-refractivity contribution in [1.29, 1.82) is 0 Å². The van der Waals surface area contributed by atoms with Gasteiger partial charge in [0.1, 0.15) is 11.6 Å². The highest BCUT2D eigenvalue weighted by molar-refractivity contribution is 5.90. The molecule has 1 N–H and O–H groups in total. The average Bonchev–Trinajstić information content (AvgIpc) is 2.75. The first kappa shape index (κ1) is 21.4. The van der Waals surface area contributed by atoms with Crippen LogP contribution in [0.25, 0.3) is 0 Å². The molecule has 1 atom stereocenters. The van der Waals surface area contributed by atoms with E-state index in [9.17, 15) is 18.4 Å². The van der Waals surface area contributed by atoms with E-state index in [0.29, 0.717) is 23.5 Å². The number of amides is 2. The van der Waals surface area contributed by atoms with Crippen LogP contribution in [-0.2, 0) is 16.0 Å². The van der Waals surface area contributed by atoms with Crippen LogP contribution in [0.5, 0.6) is 11.5 Å². The highest BCUT2D eigenvalue weighted by Crippen LogP contribution is 2.39. The van der Waals surface area contributed by atoms with Gasteiger partial charge >= 0.3 is 12.0 Å². The van der Waals surface area contributed by atoms with E-state index in [1.165, 1.54) is 26.2 Å². The fourth-order valence-electron chi connectivity index (χ4n) is 3.51. The van der Waals surface area contributed by atoms with E-state index in [0.717, 1.165) is 23.8 Å². The average molecular weight is 420 g/mol. The molecule has 3 rings (SSSR count). The Bertz CT molecular complexity index is 967. The SMILES string of the molecule is COC(=O)C[C@H]1c2cc(OC)c(OC)cc2CCN1C(=O)Nc1cc(F)ccc1F. The zero-order valence-corrected chi connectivity index (χ0v) is 16.8. The lowest BCUT2D eigenvalue weighted by molar-refractivity contribution is -0.141. The van der Waals surface area contributed by atoms with Crippen molar-refractivity contribution < 1.29 is 32.6 Å². The van der Waals surface area contributed by atoms with Crippen molar-refractivity contribution in [3.05, 3.63) is 53.1 Å². The molecule has 0 aromatic heterocycles. The molecule has 0 bridgehead atoms. The minimum atomic E-state index is -0.766. The second-order valence-corrected chi connectivity index (χ2v) is 6.70. The first-order valence-corrected chi connectivity index (χ1v) is 9.22. The molecule has 0 aliphatic carbocycles. The molecule has 1 heterocycles. The van der Waals surface area contributed by atoms with E-state index in [4.69, 9.17) is 14.2 Å². The molecule has 2 amide bonds. The summed E-state index contributed by atoms with van der Waals surface area (Å²) in [6, 6.07) is 4.96. The van der Waals surface area contributed by atoms with Gasteiger partial charge in [-0.2, -0.15) is 0 Å². The van der Waals surface area contributed by atoms with Crippen LogP contribution in [0.15, 0.2) is 30.3 Å². The third kappa shape index (κ3) is 4.29. The van der Waals surface area contributed by atoms with Crippen molar-refractivity contribution >= 4 is 17.7 Å². The fourth-order valence-corrected chi connectivity index (χ4v) is 3.51. The fraction of sp³-hybridized carbons (Fsp3) is 0.333. The zero-order chi connectivity index (χ0) is 21.8. The molecular weight excluding hydrogens is 398 g/mol. The van der Waals surface area contributed by atoms with E-state index in [1.54, 1.807) is 12.1 Å². The van der Waals surface area contributed by atoms with Crippen LogP contribution in [0, 0.1) is 11.6 Å². The number of hydrogen-bond acceptors (Lipinski definition) is 5. The number of fused-ring (bicyclic) bond motifs is 1. The summed E-state index contributed by atoms with van der Waals surface area (Å²) in [4.78, 5) is 26.4. The van der Waals surface area contributed by atoms with Crippen LogP contribution in [-0.4, -0.2) is 44.8 Å². The summed E-state index contributed by atoms with van der Waals surface area (Å²) < 4.78 is 42.9. The third-order valence-corrected chi connectivity index (χ3v) is 5.02. The van der Waals surface area contributed by atoms with Gasteiger partial charge in [-0.05, 0) is 41.8 Å². The third-order valence-electron chi connectivity index (χ3n) is 5.02. The van der Waals surface area contributed by atoms with Gasteiger partial charge in [0.25, 0.3) is 0 Å². The minimum Gasteiger partial charge on any atom is -0.493 e. The normalized spacial score (nSPS) is 15.2.